The molecule has 4 rings (SSSR count). The van der Waals surface area contributed by atoms with Gasteiger partial charge in [0.1, 0.15) is 5.82 Å². The molecule has 3 nitrogen and oxygen atoms in total. The summed E-state index contributed by atoms with van der Waals surface area (Å²) in [5, 5.41) is 7.63. The van der Waals surface area contributed by atoms with Crippen LogP contribution in [0.3, 0.4) is 0 Å². The van der Waals surface area contributed by atoms with Crippen molar-refractivity contribution in [3.8, 4) is 16.9 Å². The molecule has 1 aliphatic rings. The Balaban J connectivity index is 1.88. The number of halogens is 4. The Bertz CT molecular complexity index is 1040. The lowest BCUT2D eigenvalue weighted by Gasteiger charge is -2.11. The molecule has 0 spiro atoms. The van der Waals surface area contributed by atoms with Crippen molar-refractivity contribution in [2.75, 3.05) is 11.9 Å². The van der Waals surface area contributed by atoms with Crippen molar-refractivity contribution < 1.29 is 13.2 Å². The largest absolute Gasteiger partial charge is 0.417 e. The number of aryl methyl sites for hydroxylation is 2. The second kappa shape index (κ2) is 6.30. The summed E-state index contributed by atoms with van der Waals surface area (Å²) >= 11 is 5.76. The number of alkyl halides is 3. The average molecular weight is 392 g/mol. The number of hydrogen-bond donors (Lipinski definition) is 1. The molecule has 27 heavy (non-hydrogen) atoms. The van der Waals surface area contributed by atoms with E-state index in [4.69, 9.17) is 11.6 Å². The number of rotatable bonds is 2. The fraction of sp³-hybridized carbons (Fsp3) is 0.250. The molecule has 2 aromatic carbocycles. The molecule has 7 heteroatoms. The molecule has 0 atom stereocenters. The maximum atomic E-state index is 13.2. The topological polar surface area (TPSA) is 29.9 Å². The Labute approximate surface area is 159 Å². The summed E-state index contributed by atoms with van der Waals surface area (Å²) in [6.07, 6.45) is -3.80. The first-order valence-electron chi connectivity index (χ1n) is 8.56. The van der Waals surface area contributed by atoms with Crippen LogP contribution >= 0.6 is 11.6 Å². The molecular weight excluding hydrogens is 375 g/mol. The number of nitrogens with one attached hydrogen (secondary N) is 1. The predicted octanol–water partition coefficient (Wildman–Crippen LogP) is 5.80. The van der Waals surface area contributed by atoms with Gasteiger partial charge in [-0.1, -0.05) is 23.7 Å². The second-order valence-electron chi connectivity index (χ2n) is 6.73. The van der Waals surface area contributed by atoms with Gasteiger partial charge in [0.25, 0.3) is 0 Å². The zero-order valence-corrected chi connectivity index (χ0v) is 15.5. The number of anilines is 1. The van der Waals surface area contributed by atoms with E-state index in [0.29, 0.717) is 17.7 Å². The smallest absolute Gasteiger partial charge is 0.369 e. The van der Waals surface area contributed by atoms with Crippen LogP contribution in [0.5, 0.6) is 0 Å². The van der Waals surface area contributed by atoms with Crippen molar-refractivity contribution in [3.63, 3.8) is 0 Å². The van der Waals surface area contributed by atoms with E-state index in [-0.39, 0.29) is 5.02 Å². The third kappa shape index (κ3) is 3.08. The average Bonchev–Trinajstić information content (AvgIpc) is 3.19. The van der Waals surface area contributed by atoms with Crippen LogP contribution in [0.15, 0.2) is 36.4 Å². The molecule has 0 bridgehead atoms. The lowest BCUT2D eigenvalue weighted by atomic mass is 10.0. The van der Waals surface area contributed by atoms with Crippen LogP contribution in [0.1, 0.15) is 22.3 Å². The van der Waals surface area contributed by atoms with Gasteiger partial charge in [0.15, 0.2) is 0 Å². The Kier molecular flexibility index (Phi) is 4.18. The zero-order valence-electron chi connectivity index (χ0n) is 14.8. The van der Waals surface area contributed by atoms with Crippen LogP contribution in [0.25, 0.3) is 16.9 Å². The van der Waals surface area contributed by atoms with Gasteiger partial charge >= 0.3 is 6.18 Å². The minimum absolute atomic E-state index is 0.311. The summed E-state index contributed by atoms with van der Waals surface area (Å²) in [6.45, 7) is 4.78. The third-order valence-electron chi connectivity index (χ3n) is 4.93. The molecule has 0 saturated carbocycles. The number of fused-ring (bicyclic) bond motifs is 1. The highest BCUT2D eigenvalue weighted by Gasteiger charge is 2.34. The molecule has 3 aromatic rings. The summed E-state index contributed by atoms with van der Waals surface area (Å²) in [6, 6.07) is 9.94. The highest BCUT2D eigenvalue weighted by Crippen LogP contribution is 2.40. The first-order valence-corrected chi connectivity index (χ1v) is 8.94. The number of aromatic nitrogens is 2. The molecule has 2 heterocycles. The molecule has 140 valence electrons. The molecule has 1 N–H and O–H groups in total. The van der Waals surface area contributed by atoms with Crippen LogP contribution in [0, 0.1) is 13.8 Å². The predicted molar refractivity (Wildman–Crippen MR) is 101 cm³/mol. The Hall–Kier alpha value is -2.47. The Morgan fingerprint density at radius 3 is 2.56 bits per heavy atom. The molecule has 0 aliphatic carbocycles. The lowest BCUT2D eigenvalue weighted by Crippen LogP contribution is -2.07. The zero-order chi connectivity index (χ0) is 19.3. The monoisotopic (exact) mass is 391 g/mol. The molecule has 1 aromatic heterocycles. The van der Waals surface area contributed by atoms with Crippen LogP contribution < -0.4 is 5.32 Å². The Morgan fingerprint density at radius 2 is 1.85 bits per heavy atom. The summed E-state index contributed by atoms with van der Waals surface area (Å²) in [7, 11) is 0. The van der Waals surface area contributed by atoms with E-state index in [1.807, 2.05) is 32.0 Å². The molecule has 0 fully saturated rings. The molecule has 0 unspecified atom stereocenters. The van der Waals surface area contributed by atoms with Crippen molar-refractivity contribution in [2.45, 2.75) is 26.4 Å². The van der Waals surface area contributed by atoms with Gasteiger partial charge in [0.05, 0.1) is 22.0 Å². The van der Waals surface area contributed by atoms with Crippen LogP contribution in [0.2, 0.25) is 5.02 Å². The fourth-order valence-electron chi connectivity index (χ4n) is 3.34. The van der Waals surface area contributed by atoms with E-state index in [0.717, 1.165) is 35.2 Å². The summed E-state index contributed by atoms with van der Waals surface area (Å²) in [5.74, 6) is 0.830. The van der Waals surface area contributed by atoms with E-state index in [9.17, 15) is 13.2 Å². The third-order valence-corrected chi connectivity index (χ3v) is 5.26. The fourth-order valence-corrected chi connectivity index (χ4v) is 3.57. The van der Waals surface area contributed by atoms with Crippen LogP contribution in [-0.2, 0) is 12.6 Å². The first-order chi connectivity index (χ1) is 12.8. The molecule has 0 amide bonds. The highest BCUT2D eigenvalue weighted by molar-refractivity contribution is 6.31. The summed E-state index contributed by atoms with van der Waals surface area (Å²) in [4.78, 5) is 0. The van der Waals surface area contributed by atoms with Gasteiger partial charge in [0.2, 0.25) is 0 Å². The lowest BCUT2D eigenvalue weighted by molar-refractivity contribution is -0.137. The van der Waals surface area contributed by atoms with Gasteiger partial charge < -0.3 is 5.32 Å². The number of nitrogens with zero attached hydrogens (tertiary/aromatic N) is 2. The van der Waals surface area contributed by atoms with Crippen molar-refractivity contribution in [1.82, 2.24) is 9.78 Å². The maximum Gasteiger partial charge on any atom is 0.417 e. The summed E-state index contributed by atoms with van der Waals surface area (Å²) in [5.41, 5.74) is 4.21. The van der Waals surface area contributed by atoms with E-state index < -0.39 is 11.7 Å². The van der Waals surface area contributed by atoms with E-state index in [2.05, 4.69) is 10.4 Å². The van der Waals surface area contributed by atoms with Gasteiger partial charge in [-0.3, -0.25) is 0 Å². The normalized spacial score (nSPS) is 13.6. The van der Waals surface area contributed by atoms with Crippen LogP contribution in [-0.4, -0.2) is 16.3 Å². The van der Waals surface area contributed by atoms with Gasteiger partial charge in [-0.05, 0) is 55.7 Å². The molecule has 0 radical (unpaired) electrons. The van der Waals surface area contributed by atoms with E-state index in [1.165, 1.54) is 11.6 Å². The minimum atomic E-state index is -4.51. The van der Waals surface area contributed by atoms with E-state index in [1.54, 1.807) is 10.7 Å². The standard InChI is InChI=1S/C20H17ClF3N3/c1-11-3-5-14(9-12(11)2)27-19-15(7-8-25-19)18(26-27)13-4-6-17(21)16(10-13)20(22,23)24/h3-6,9-10,25H,7-8H2,1-2H3. The molecule has 1 aliphatic heterocycles. The van der Waals surface area contributed by atoms with Crippen molar-refractivity contribution >= 4 is 17.4 Å². The number of hydrogen-bond acceptors (Lipinski definition) is 2. The molecule has 0 saturated heterocycles. The van der Waals surface area contributed by atoms with Gasteiger partial charge in [0, 0.05) is 17.7 Å². The van der Waals surface area contributed by atoms with Crippen molar-refractivity contribution in [2.24, 2.45) is 0 Å². The quantitative estimate of drug-likeness (QED) is 0.598. The van der Waals surface area contributed by atoms with Crippen LogP contribution in [0.4, 0.5) is 19.0 Å². The second-order valence-corrected chi connectivity index (χ2v) is 7.13. The number of benzene rings is 2. The first kappa shape index (κ1) is 17.9. The molecular formula is C20H17ClF3N3. The van der Waals surface area contributed by atoms with E-state index >= 15 is 0 Å². The Morgan fingerprint density at radius 1 is 1.07 bits per heavy atom. The van der Waals surface area contributed by atoms with Crippen molar-refractivity contribution in [3.05, 3.63) is 63.7 Å². The SMILES string of the molecule is Cc1ccc(-n2nc(-c3ccc(Cl)c(C(F)(F)F)c3)c3c2NCC3)cc1C. The summed E-state index contributed by atoms with van der Waals surface area (Å²) < 4.78 is 41.5. The maximum absolute atomic E-state index is 13.2. The van der Waals surface area contributed by atoms with Crippen molar-refractivity contribution in [1.29, 1.82) is 0 Å². The minimum Gasteiger partial charge on any atom is -0.369 e. The van der Waals surface area contributed by atoms with Gasteiger partial charge in [-0.25, -0.2) is 4.68 Å². The highest BCUT2D eigenvalue weighted by atomic mass is 35.5. The van der Waals surface area contributed by atoms with Gasteiger partial charge in [-0.2, -0.15) is 18.3 Å². The van der Waals surface area contributed by atoms with Gasteiger partial charge in [-0.15, -0.1) is 0 Å².